The fraction of sp³-hybridized carbons (Fsp3) is 0.320. The van der Waals surface area contributed by atoms with Crippen LogP contribution in [0.3, 0.4) is 0 Å². The van der Waals surface area contributed by atoms with Crippen LogP contribution in [0.4, 0.5) is 0 Å². The Kier molecular flexibility index (Phi) is 6.92. The summed E-state index contributed by atoms with van der Waals surface area (Å²) in [4.78, 5) is 17.9. The average molecular weight is 421 g/mol. The number of H-pyrrole nitrogens is 1. The largest absolute Gasteiger partial charge is 0.462 e. The molecule has 30 heavy (non-hydrogen) atoms. The Bertz CT molecular complexity index is 1030. The van der Waals surface area contributed by atoms with Crippen molar-refractivity contribution in [3.8, 4) is 0 Å². The first-order valence-corrected chi connectivity index (χ1v) is 11.7. The van der Waals surface area contributed by atoms with Gasteiger partial charge in [0.15, 0.2) is 0 Å². The number of ether oxygens (including phenoxy) is 1. The summed E-state index contributed by atoms with van der Waals surface area (Å²) in [5, 5.41) is 1.11. The van der Waals surface area contributed by atoms with Gasteiger partial charge in [0.2, 0.25) is 0 Å². The van der Waals surface area contributed by atoms with Crippen LogP contribution in [-0.2, 0) is 10.5 Å². The number of hydrogen-bond donors (Lipinski definition) is 1. The van der Waals surface area contributed by atoms with E-state index < -0.39 is 0 Å². The molecule has 0 aliphatic carbocycles. The Labute approximate surface area is 182 Å². The number of benzene rings is 2. The van der Waals surface area contributed by atoms with Crippen LogP contribution in [0.2, 0.25) is 0 Å². The number of thioether (sulfide) groups is 1. The number of esters is 1. The zero-order chi connectivity index (χ0) is 20.8. The minimum Gasteiger partial charge on any atom is -0.462 e. The van der Waals surface area contributed by atoms with Crippen LogP contribution < -0.4 is 0 Å². The molecule has 0 unspecified atom stereocenters. The number of aromatic amines is 1. The molecule has 0 spiro atoms. The first-order chi connectivity index (χ1) is 14.7. The van der Waals surface area contributed by atoms with Crippen molar-refractivity contribution in [2.24, 2.45) is 0 Å². The number of nitrogens with zero attached hydrogens (tertiary/aromatic N) is 1. The number of aromatic nitrogens is 1. The van der Waals surface area contributed by atoms with Crippen LogP contribution in [0.25, 0.3) is 16.5 Å². The molecule has 5 heteroatoms. The van der Waals surface area contributed by atoms with Crippen LogP contribution in [0.15, 0.2) is 60.8 Å². The normalized spacial score (nSPS) is 14.6. The number of hydrogen-bond acceptors (Lipinski definition) is 4. The van der Waals surface area contributed by atoms with Gasteiger partial charge in [0, 0.05) is 48.2 Å². The molecule has 4 nitrogen and oxygen atoms in total. The smallest absolute Gasteiger partial charge is 0.338 e. The third kappa shape index (κ3) is 4.97. The quantitative estimate of drug-likeness (QED) is 0.393. The van der Waals surface area contributed by atoms with Gasteiger partial charge < -0.3 is 9.72 Å². The van der Waals surface area contributed by atoms with Gasteiger partial charge in [0.25, 0.3) is 0 Å². The maximum Gasteiger partial charge on any atom is 0.338 e. The first kappa shape index (κ1) is 20.8. The molecule has 0 saturated carbocycles. The second-order valence-electron chi connectivity index (χ2n) is 7.49. The maximum atomic E-state index is 12.0. The molecule has 0 radical (unpaired) electrons. The first-order valence-electron chi connectivity index (χ1n) is 10.6. The molecule has 1 aromatic heterocycles. The van der Waals surface area contributed by atoms with Gasteiger partial charge in [0.05, 0.1) is 12.2 Å². The van der Waals surface area contributed by atoms with Crippen LogP contribution in [0.1, 0.15) is 34.8 Å². The summed E-state index contributed by atoms with van der Waals surface area (Å²) < 4.78 is 5.13. The number of fused-ring (bicyclic) bond motifs is 1. The molecule has 1 aliphatic rings. The minimum absolute atomic E-state index is 0.257. The van der Waals surface area contributed by atoms with Crippen LogP contribution >= 0.6 is 11.8 Å². The zero-order valence-electron chi connectivity index (χ0n) is 17.4. The summed E-state index contributed by atoms with van der Waals surface area (Å²) in [7, 11) is 0. The fourth-order valence-corrected chi connectivity index (χ4v) is 4.83. The summed E-state index contributed by atoms with van der Waals surface area (Å²) >= 11 is 1.94. The van der Waals surface area contributed by atoms with E-state index in [-0.39, 0.29) is 5.97 Å². The van der Waals surface area contributed by atoms with E-state index in [1.54, 1.807) is 0 Å². The molecule has 1 N–H and O–H groups in total. The predicted octanol–water partition coefficient (Wildman–Crippen LogP) is 5.37. The van der Waals surface area contributed by atoms with Crippen molar-refractivity contribution in [2.45, 2.75) is 19.1 Å². The number of carbonyl (C=O) groups excluding carboxylic acids is 1. The lowest BCUT2D eigenvalue weighted by Gasteiger charge is -2.26. The third-order valence-electron chi connectivity index (χ3n) is 5.53. The van der Waals surface area contributed by atoms with Crippen molar-refractivity contribution >= 4 is 34.2 Å². The van der Waals surface area contributed by atoms with Crippen molar-refractivity contribution < 1.29 is 9.53 Å². The summed E-state index contributed by atoms with van der Waals surface area (Å²) in [6, 6.07) is 16.4. The van der Waals surface area contributed by atoms with E-state index in [1.807, 2.05) is 36.9 Å². The Balaban J connectivity index is 1.28. The summed E-state index contributed by atoms with van der Waals surface area (Å²) in [6.45, 7) is 5.47. The molecule has 4 rings (SSSR count). The molecule has 0 amide bonds. The molecule has 1 aliphatic heterocycles. The molecule has 0 atom stereocenters. The van der Waals surface area contributed by atoms with E-state index >= 15 is 0 Å². The van der Waals surface area contributed by atoms with Gasteiger partial charge in [-0.15, -0.1) is 0 Å². The van der Waals surface area contributed by atoms with Crippen molar-refractivity contribution in [3.63, 3.8) is 0 Å². The lowest BCUT2D eigenvalue weighted by atomic mass is 10.00. The van der Waals surface area contributed by atoms with Crippen molar-refractivity contribution in [1.29, 1.82) is 0 Å². The number of carbonyl (C=O) groups is 1. The Hall–Kier alpha value is -2.50. The van der Waals surface area contributed by atoms with E-state index in [2.05, 4.69) is 52.5 Å². The fourth-order valence-electron chi connectivity index (χ4n) is 3.84. The van der Waals surface area contributed by atoms with Gasteiger partial charge in [-0.2, -0.15) is 11.8 Å². The molecule has 0 bridgehead atoms. The summed E-state index contributed by atoms with van der Waals surface area (Å²) in [6.07, 6.45) is 5.55. The number of rotatable bonds is 8. The van der Waals surface area contributed by atoms with E-state index in [0.29, 0.717) is 12.2 Å². The highest BCUT2D eigenvalue weighted by Crippen LogP contribution is 2.25. The van der Waals surface area contributed by atoms with Gasteiger partial charge >= 0.3 is 5.97 Å². The Morgan fingerprint density at radius 2 is 2.07 bits per heavy atom. The summed E-state index contributed by atoms with van der Waals surface area (Å²) in [5.74, 6) is 1.77. The molecular weight excluding hydrogens is 392 g/mol. The molecule has 0 saturated heterocycles. The molecule has 0 fully saturated rings. The van der Waals surface area contributed by atoms with Crippen LogP contribution in [0.5, 0.6) is 0 Å². The van der Waals surface area contributed by atoms with E-state index in [4.69, 9.17) is 4.74 Å². The predicted molar refractivity (Wildman–Crippen MR) is 126 cm³/mol. The molecule has 2 heterocycles. The minimum atomic E-state index is -0.257. The van der Waals surface area contributed by atoms with Gasteiger partial charge in [-0.3, -0.25) is 4.90 Å². The van der Waals surface area contributed by atoms with Crippen LogP contribution in [-0.4, -0.2) is 47.8 Å². The summed E-state index contributed by atoms with van der Waals surface area (Å²) in [5.41, 5.74) is 5.74. The maximum absolute atomic E-state index is 12.0. The number of nitrogens with one attached hydrogen (secondary N) is 1. The highest BCUT2D eigenvalue weighted by molar-refractivity contribution is 7.98. The highest BCUT2D eigenvalue weighted by Gasteiger charge is 2.13. The second kappa shape index (κ2) is 10.0. The van der Waals surface area contributed by atoms with Crippen molar-refractivity contribution in [3.05, 3.63) is 77.5 Å². The average Bonchev–Trinajstić information content (AvgIpc) is 3.20. The highest BCUT2D eigenvalue weighted by atomic mass is 32.2. The van der Waals surface area contributed by atoms with Crippen LogP contribution in [0, 0.1) is 0 Å². The molecular formula is C25H28N2O2S. The lowest BCUT2D eigenvalue weighted by molar-refractivity contribution is 0.0526. The molecule has 2 aromatic carbocycles. The van der Waals surface area contributed by atoms with Gasteiger partial charge in [-0.05, 0) is 48.2 Å². The van der Waals surface area contributed by atoms with Gasteiger partial charge in [0.1, 0.15) is 0 Å². The monoisotopic (exact) mass is 420 g/mol. The topological polar surface area (TPSA) is 45.3 Å². The van der Waals surface area contributed by atoms with Crippen molar-refractivity contribution in [1.82, 2.24) is 9.88 Å². The Morgan fingerprint density at radius 1 is 1.20 bits per heavy atom. The van der Waals surface area contributed by atoms with Crippen molar-refractivity contribution in [2.75, 3.05) is 32.0 Å². The van der Waals surface area contributed by atoms with Gasteiger partial charge in [-0.25, -0.2) is 4.79 Å². The second-order valence-corrected chi connectivity index (χ2v) is 8.60. The van der Waals surface area contributed by atoms with E-state index in [9.17, 15) is 4.79 Å². The lowest BCUT2D eigenvalue weighted by Crippen LogP contribution is -2.30. The molecule has 3 aromatic rings. The van der Waals surface area contributed by atoms with Gasteiger partial charge in [-0.1, -0.05) is 36.4 Å². The van der Waals surface area contributed by atoms with E-state index in [0.717, 1.165) is 48.5 Å². The van der Waals surface area contributed by atoms with E-state index in [1.165, 1.54) is 16.7 Å². The zero-order valence-corrected chi connectivity index (χ0v) is 18.2. The SMILES string of the molecule is CCOC(=O)c1ccc2[nH]cc(CSCCN3CC=C(c4ccccc4)CC3)c2c1. The standard InChI is InChI=1S/C25H28N2O2S/c1-2-29-25(28)21-8-9-24-23(16-21)22(17-26-24)18-30-15-14-27-12-10-20(11-13-27)19-6-4-3-5-7-19/h3-10,16-17,26H,2,11-15,18H2,1H3. The molecule has 156 valence electrons. The third-order valence-corrected chi connectivity index (χ3v) is 6.51. The Morgan fingerprint density at radius 3 is 2.83 bits per heavy atom.